The van der Waals surface area contributed by atoms with Crippen LogP contribution in [0.1, 0.15) is 25.3 Å². The van der Waals surface area contributed by atoms with Crippen molar-refractivity contribution in [3.8, 4) is 0 Å². The molecule has 0 radical (unpaired) electrons. The normalized spacial score (nSPS) is 14.6. The number of amides is 1. The summed E-state index contributed by atoms with van der Waals surface area (Å²) in [5.74, 6) is 0.201. The molecule has 1 aromatic carbocycles. The lowest BCUT2D eigenvalue weighted by atomic mass is 10.1. The third-order valence-electron chi connectivity index (χ3n) is 4.26. The first-order chi connectivity index (χ1) is 10.2. The van der Waals surface area contributed by atoms with E-state index in [-0.39, 0.29) is 5.91 Å². The average molecular weight is 285 g/mol. The van der Waals surface area contributed by atoms with Gasteiger partial charge in [-0.2, -0.15) is 0 Å². The lowest BCUT2D eigenvalue weighted by molar-refractivity contribution is -0.130. The van der Waals surface area contributed by atoms with E-state index < -0.39 is 0 Å². The molecule has 3 rings (SSSR count). The van der Waals surface area contributed by atoms with Crippen LogP contribution in [0.5, 0.6) is 0 Å². The van der Waals surface area contributed by atoms with Gasteiger partial charge in [0.25, 0.3) is 0 Å². The van der Waals surface area contributed by atoms with Crippen LogP contribution in [0.4, 0.5) is 0 Å². The molecule has 0 aliphatic heterocycles. The second-order valence-electron chi connectivity index (χ2n) is 5.81. The molecule has 1 aromatic heterocycles. The molecule has 21 heavy (non-hydrogen) atoms. The molecule has 1 aliphatic carbocycles. The minimum Gasteiger partial charge on any atom is -0.341 e. The number of nitrogens with one attached hydrogen (secondary N) is 1. The average Bonchev–Trinajstić information content (AvgIpc) is 3.27. The van der Waals surface area contributed by atoms with Crippen molar-refractivity contribution in [1.82, 2.24) is 14.8 Å². The maximum absolute atomic E-state index is 12.3. The summed E-state index contributed by atoms with van der Waals surface area (Å²) in [6.45, 7) is 4.37. The van der Waals surface area contributed by atoms with E-state index in [1.54, 1.807) is 0 Å². The van der Waals surface area contributed by atoms with Gasteiger partial charge in [-0.05, 0) is 37.1 Å². The maximum Gasteiger partial charge on any atom is 0.242 e. The number of likely N-dealkylation sites (N-methyl/N-ethyl adjacent to an activating group) is 1. The number of fused-ring (bicyclic) bond motifs is 1. The van der Waals surface area contributed by atoms with E-state index in [4.69, 9.17) is 0 Å². The fourth-order valence-electron chi connectivity index (χ4n) is 2.76. The van der Waals surface area contributed by atoms with E-state index >= 15 is 0 Å². The number of nitrogens with zero attached hydrogens (tertiary/aromatic N) is 2. The van der Waals surface area contributed by atoms with Gasteiger partial charge >= 0.3 is 0 Å². The van der Waals surface area contributed by atoms with Gasteiger partial charge in [-0.3, -0.25) is 4.79 Å². The van der Waals surface area contributed by atoms with Gasteiger partial charge in [-0.15, -0.1) is 0 Å². The molecule has 0 saturated heterocycles. The topological polar surface area (TPSA) is 37.3 Å². The van der Waals surface area contributed by atoms with Crippen LogP contribution < -0.4 is 5.32 Å². The Hall–Kier alpha value is -1.81. The number of carbonyl (C=O) groups is 1. The van der Waals surface area contributed by atoms with Crippen LogP contribution in [0.25, 0.3) is 10.9 Å². The predicted octanol–water partition coefficient (Wildman–Crippen LogP) is 2.37. The zero-order valence-corrected chi connectivity index (χ0v) is 12.8. The first-order valence-corrected chi connectivity index (χ1v) is 7.74. The van der Waals surface area contributed by atoms with E-state index in [0.717, 1.165) is 31.4 Å². The lowest BCUT2D eigenvalue weighted by Gasteiger charge is -2.17. The molecular formula is C17H23N3O. The second kappa shape index (κ2) is 5.90. The van der Waals surface area contributed by atoms with Crippen LogP contribution in [0.3, 0.4) is 0 Å². The zero-order chi connectivity index (χ0) is 14.8. The van der Waals surface area contributed by atoms with E-state index in [9.17, 15) is 4.79 Å². The number of hydrogen-bond acceptors (Lipinski definition) is 2. The van der Waals surface area contributed by atoms with Crippen LogP contribution in [0.2, 0.25) is 0 Å². The van der Waals surface area contributed by atoms with Gasteiger partial charge in [-0.1, -0.05) is 19.1 Å². The first kappa shape index (κ1) is 14.1. The summed E-state index contributed by atoms with van der Waals surface area (Å²) in [4.78, 5) is 14.2. The highest BCUT2D eigenvalue weighted by molar-refractivity contribution is 5.86. The Bertz CT molecular complexity index is 643. The van der Waals surface area contributed by atoms with Crippen molar-refractivity contribution in [2.24, 2.45) is 0 Å². The second-order valence-corrected chi connectivity index (χ2v) is 5.81. The molecule has 4 heteroatoms. The molecule has 0 unspecified atom stereocenters. The van der Waals surface area contributed by atoms with Crippen molar-refractivity contribution in [3.63, 3.8) is 0 Å². The van der Waals surface area contributed by atoms with Crippen molar-refractivity contribution in [2.45, 2.75) is 38.9 Å². The highest BCUT2D eigenvalue weighted by atomic mass is 16.2. The van der Waals surface area contributed by atoms with Crippen molar-refractivity contribution in [1.29, 1.82) is 0 Å². The van der Waals surface area contributed by atoms with Gasteiger partial charge < -0.3 is 14.8 Å². The number of carbonyl (C=O) groups excluding carboxylic acids is 1. The molecule has 4 nitrogen and oxygen atoms in total. The van der Waals surface area contributed by atoms with Gasteiger partial charge in [-0.25, -0.2) is 0 Å². The Morgan fingerprint density at radius 1 is 1.38 bits per heavy atom. The number of aromatic nitrogens is 1. The Morgan fingerprint density at radius 3 is 2.90 bits per heavy atom. The standard InChI is InChI=1S/C17H23N3O/c1-3-18-11-13-5-4-6-16-15(13)9-10-20(16)12-17(21)19(2)14-7-8-14/h4-6,9-10,14,18H,3,7-8,11-12H2,1-2H3. The first-order valence-electron chi connectivity index (χ1n) is 7.74. The smallest absolute Gasteiger partial charge is 0.242 e. The Kier molecular flexibility index (Phi) is 3.97. The third-order valence-corrected chi connectivity index (χ3v) is 4.26. The molecule has 1 fully saturated rings. The van der Waals surface area contributed by atoms with Gasteiger partial charge in [0.2, 0.25) is 5.91 Å². The Morgan fingerprint density at radius 2 is 2.19 bits per heavy atom. The molecule has 112 valence electrons. The number of rotatable bonds is 6. The van der Waals surface area contributed by atoms with Crippen molar-refractivity contribution < 1.29 is 4.79 Å². The lowest BCUT2D eigenvalue weighted by Crippen LogP contribution is -2.31. The molecule has 1 aliphatic rings. The molecule has 0 spiro atoms. The summed E-state index contributed by atoms with van der Waals surface area (Å²) in [7, 11) is 1.92. The highest BCUT2D eigenvalue weighted by Gasteiger charge is 2.29. The quantitative estimate of drug-likeness (QED) is 0.885. The van der Waals surface area contributed by atoms with Gasteiger partial charge in [0, 0.05) is 36.7 Å². The molecule has 1 saturated carbocycles. The summed E-state index contributed by atoms with van der Waals surface area (Å²) < 4.78 is 2.06. The van der Waals surface area contributed by atoms with Gasteiger partial charge in [0.05, 0.1) is 0 Å². The Labute approximate surface area is 125 Å². The highest BCUT2D eigenvalue weighted by Crippen LogP contribution is 2.26. The summed E-state index contributed by atoms with van der Waals surface area (Å²) in [6.07, 6.45) is 4.34. The summed E-state index contributed by atoms with van der Waals surface area (Å²) in [5, 5.41) is 4.60. The molecular weight excluding hydrogens is 262 g/mol. The molecule has 0 bridgehead atoms. The molecule has 1 N–H and O–H groups in total. The van der Waals surface area contributed by atoms with Crippen molar-refractivity contribution >= 4 is 16.8 Å². The Balaban J connectivity index is 1.81. The fourth-order valence-corrected chi connectivity index (χ4v) is 2.76. The van der Waals surface area contributed by atoms with E-state index in [1.807, 2.05) is 18.1 Å². The summed E-state index contributed by atoms with van der Waals surface area (Å²) in [6, 6.07) is 8.90. The fraction of sp³-hybridized carbons (Fsp3) is 0.471. The van der Waals surface area contributed by atoms with E-state index in [1.165, 1.54) is 10.9 Å². The van der Waals surface area contributed by atoms with E-state index in [2.05, 4.69) is 41.1 Å². The summed E-state index contributed by atoms with van der Waals surface area (Å²) in [5.41, 5.74) is 2.43. The third kappa shape index (κ3) is 2.95. The maximum atomic E-state index is 12.3. The predicted molar refractivity (Wildman–Crippen MR) is 85.1 cm³/mol. The number of hydrogen-bond donors (Lipinski definition) is 1. The van der Waals surface area contributed by atoms with Crippen LogP contribution in [-0.2, 0) is 17.9 Å². The van der Waals surface area contributed by atoms with Gasteiger partial charge in [0.15, 0.2) is 0 Å². The number of benzene rings is 1. The van der Waals surface area contributed by atoms with Crippen molar-refractivity contribution in [2.75, 3.05) is 13.6 Å². The van der Waals surface area contributed by atoms with Gasteiger partial charge in [0.1, 0.15) is 6.54 Å². The zero-order valence-electron chi connectivity index (χ0n) is 12.8. The largest absolute Gasteiger partial charge is 0.341 e. The minimum absolute atomic E-state index is 0.201. The molecule has 0 atom stereocenters. The van der Waals surface area contributed by atoms with Crippen molar-refractivity contribution in [3.05, 3.63) is 36.0 Å². The van der Waals surface area contributed by atoms with Crippen LogP contribution in [0, 0.1) is 0 Å². The molecule has 2 aromatic rings. The molecule has 1 heterocycles. The minimum atomic E-state index is 0.201. The molecule has 1 amide bonds. The van der Waals surface area contributed by atoms with Crippen LogP contribution in [0.15, 0.2) is 30.5 Å². The summed E-state index contributed by atoms with van der Waals surface area (Å²) >= 11 is 0. The SMILES string of the molecule is CCNCc1cccc2c1ccn2CC(=O)N(C)C1CC1. The van der Waals surface area contributed by atoms with Crippen LogP contribution in [-0.4, -0.2) is 35.0 Å². The monoisotopic (exact) mass is 285 g/mol. The van der Waals surface area contributed by atoms with Crippen LogP contribution >= 0.6 is 0 Å². The van der Waals surface area contributed by atoms with E-state index in [0.29, 0.717) is 12.6 Å².